The van der Waals surface area contributed by atoms with E-state index in [0.29, 0.717) is 19.4 Å². The van der Waals surface area contributed by atoms with Gasteiger partial charge in [-0.1, -0.05) is 67.5 Å². The van der Waals surface area contributed by atoms with Crippen molar-refractivity contribution in [1.82, 2.24) is 0 Å². The lowest BCUT2D eigenvalue weighted by Gasteiger charge is -2.28. The summed E-state index contributed by atoms with van der Waals surface area (Å²) < 4.78 is 5.39. The Labute approximate surface area is 183 Å². The number of hydrogen-bond donors (Lipinski definition) is 1. The van der Waals surface area contributed by atoms with Gasteiger partial charge in [0.25, 0.3) is 0 Å². The van der Waals surface area contributed by atoms with Crippen molar-refractivity contribution >= 4 is 17.6 Å². The number of allylic oxidation sites excluding steroid dienone is 1. The molecule has 2 unspecified atom stereocenters. The quantitative estimate of drug-likeness (QED) is 0.540. The number of anilines is 1. The van der Waals surface area contributed by atoms with Gasteiger partial charge in [-0.3, -0.25) is 9.59 Å². The van der Waals surface area contributed by atoms with E-state index in [9.17, 15) is 9.59 Å². The minimum atomic E-state index is -0.455. The number of amides is 1. The van der Waals surface area contributed by atoms with E-state index in [2.05, 4.69) is 24.0 Å². The van der Waals surface area contributed by atoms with Crippen molar-refractivity contribution in [2.75, 3.05) is 11.9 Å². The predicted octanol–water partition coefficient (Wildman–Crippen LogP) is 5.19. The maximum atomic E-state index is 13.3. The summed E-state index contributed by atoms with van der Waals surface area (Å²) in [7, 11) is 0. The first kappa shape index (κ1) is 20.0. The van der Waals surface area contributed by atoms with Crippen molar-refractivity contribution in [2.45, 2.75) is 50.4 Å². The lowest BCUT2D eigenvalue weighted by atomic mass is 9.75. The number of cyclic esters (lactones) is 1. The van der Waals surface area contributed by atoms with Crippen LogP contribution in [0.5, 0.6) is 0 Å². The zero-order valence-corrected chi connectivity index (χ0v) is 17.9. The van der Waals surface area contributed by atoms with Gasteiger partial charge in [0, 0.05) is 11.6 Å². The van der Waals surface area contributed by atoms with Crippen molar-refractivity contribution in [3.63, 3.8) is 0 Å². The van der Waals surface area contributed by atoms with Crippen LogP contribution in [-0.4, -0.2) is 18.5 Å². The summed E-state index contributed by atoms with van der Waals surface area (Å²) in [5, 5.41) is 3.16. The normalized spacial score (nSPS) is 26.5. The Morgan fingerprint density at radius 3 is 2.48 bits per heavy atom. The SMILES string of the molecule is C=C1CC2COC(=O)C2(Cc2ccc(NC(=O)C3(c4ccccc4)CCCC3)cc2)C1. The van der Waals surface area contributed by atoms with Crippen molar-refractivity contribution in [3.8, 4) is 0 Å². The third kappa shape index (κ3) is 3.38. The highest BCUT2D eigenvalue weighted by molar-refractivity contribution is 5.99. The van der Waals surface area contributed by atoms with Gasteiger partial charge in [-0.05, 0) is 55.4 Å². The zero-order chi connectivity index (χ0) is 21.5. The van der Waals surface area contributed by atoms with Crippen LogP contribution >= 0.6 is 0 Å². The number of hydrogen-bond acceptors (Lipinski definition) is 3. The molecule has 2 atom stereocenters. The number of rotatable bonds is 5. The van der Waals surface area contributed by atoms with Gasteiger partial charge in [0.1, 0.15) is 0 Å². The molecule has 31 heavy (non-hydrogen) atoms. The Morgan fingerprint density at radius 2 is 1.77 bits per heavy atom. The van der Waals surface area contributed by atoms with Crippen LogP contribution in [0.1, 0.15) is 49.7 Å². The first-order valence-corrected chi connectivity index (χ1v) is 11.3. The highest BCUT2D eigenvalue weighted by atomic mass is 16.5. The first-order valence-electron chi connectivity index (χ1n) is 11.3. The maximum absolute atomic E-state index is 13.3. The van der Waals surface area contributed by atoms with Crippen molar-refractivity contribution in [1.29, 1.82) is 0 Å². The van der Waals surface area contributed by atoms with E-state index in [1.807, 2.05) is 42.5 Å². The Bertz CT molecular complexity index is 1000. The highest BCUT2D eigenvalue weighted by Gasteiger charge is 2.55. The fraction of sp³-hybridized carbons (Fsp3) is 0.407. The van der Waals surface area contributed by atoms with Gasteiger partial charge in [-0.15, -0.1) is 0 Å². The summed E-state index contributed by atoms with van der Waals surface area (Å²) in [4.78, 5) is 25.9. The molecule has 1 amide bonds. The molecule has 1 heterocycles. The largest absolute Gasteiger partial charge is 0.465 e. The third-order valence-electron chi connectivity index (χ3n) is 7.65. The first-order chi connectivity index (χ1) is 15.0. The molecule has 5 rings (SSSR count). The molecule has 0 spiro atoms. The van der Waals surface area contributed by atoms with Gasteiger partial charge in [-0.2, -0.15) is 0 Å². The lowest BCUT2D eigenvalue weighted by Crippen LogP contribution is -2.38. The number of carbonyl (C=O) groups excluding carboxylic acids is 2. The minimum Gasteiger partial charge on any atom is -0.465 e. The van der Waals surface area contributed by atoms with Crippen LogP contribution in [0, 0.1) is 11.3 Å². The average molecular weight is 416 g/mol. The highest BCUT2D eigenvalue weighted by Crippen LogP contribution is 2.52. The maximum Gasteiger partial charge on any atom is 0.313 e. The molecule has 0 bridgehead atoms. The van der Waals surface area contributed by atoms with Crippen LogP contribution in [0.4, 0.5) is 5.69 Å². The fourth-order valence-electron chi connectivity index (χ4n) is 5.97. The van der Waals surface area contributed by atoms with E-state index < -0.39 is 10.8 Å². The number of benzene rings is 2. The van der Waals surface area contributed by atoms with Gasteiger partial charge in [0.05, 0.1) is 17.4 Å². The van der Waals surface area contributed by atoms with Gasteiger partial charge >= 0.3 is 5.97 Å². The molecular formula is C27H29NO3. The smallest absolute Gasteiger partial charge is 0.313 e. The lowest BCUT2D eigenvalue weighted by molar-refractivity contribution is -0.146. The van der Waals surface area contributed by atoms with Crippen LogP contribution in [0.15, 0.2) is 66.7 Å². The summed E-state index contributed by atoms with van der Waals surface area (Å²) in [5.41, 5.74) is 3.25. The van der Waals surface area contributed by atoms with Crippen LogP contribution < -0.4 is 5.32 Å². The van der Waals surface area contributed by atoms with Crippen LogP contribution in [0.25, 0.3) is 0 Å². The molecule has 3 aliphatic rings. The number of carbonyl (C=O) groups is 2. The van der Waals surface area contributed by atoms with E-state index in [-0.39, 0.29) is 17.8 Å². The number of esters is 1. The van der Waals surface area contributed by atoms with Gasteiger partial charge in [0.2, 0.25) is 5.91 Å². The fourth-order valence-corrected chi connectivity index (χ4v) is 5.97. The van der Waals surface area contributed by atoms with Gasteiger partial charge < -0.3 is 10.1 Å². The molecule has 2 aliphatic carbocycles. The topological polar surface area (TPSA) is 55.4 Å². The monoisotopic (exact) mass is 415 g/mol. The molecule has 3 fully saturated rings. The molecule has 2 aromatic carbocycles. The molecule has 0 aromatic heterocycles. The third-order valence-corrected chi connectivity index (χ3v) is 7.65. The minimum absolute atomic E-state index is 0.0778. The number of nitrogens with one attached hydrogen (secondary N) is 1. The molecule has 2 saturated carbocycles. The average Bonchev–Trinajstić information content (AvgIpc) is 3.46. The number of fused-ring (bicyclic) bond motifs is 1. The summed E-state index contributed by atoms with van der Waals surface area (Å²) in [6.45, 7) is 4.63. The van der Waals surface area contributed by atoms with Gasteiger partial charge in [0.15, 0.2) is 0 Å². The second-order valence-corrected chi connectivity index (χ2v) is 9.57. The predicted molar refractivity (Wildman–Crippen MR) is 121 cm³/mol. The summed E-state index contributed by atoms with van der Waals surface area (Å²) >= 11 is 0. The van der Waals surface area contributed by atoms with E-state index in [1.165, 1.54) is 0 Å². The zero-order valence-electron chi connectivity index (χ0n) is 17.9. The van der Waals surface area contributed by atoms with Crippen molar-refractivity contribution in [2.24, 2.45) is 11.3 Å². The van der Waals surface area contributed by atoms with E-state index >= 15 is 0 Å². The summed E-state index contributed by atoms with van der Waals surface area (Å²) in [5.74, 6) is 0.230. The Balaban J connectivity index is 1.32. The van der Waals surface area contributed by atoms with Crippen molar-refractivity contribution < 1.29 is 14.3 Å². The molecule has 160 valence electrons. The molecule has 1 saturated heterocycles. The Hall–Kier alpha value is -2.88. The van der Waals surface area contributed by atoms with E-state index in [4.69, 9.17) is 4.74 Å². The molecule has 4 heteroatoms. The molecular weight excluding hydrogens is 386 g/mol. The summed E-state index contributed by atoms with van der Waals surface area (Å²) in [6.07, 6.45) is 6.18. The Morgan fingerprint density at radius 1 is 1.06 bits per heavy atom. The van der Waals surface area contributed by atoms with Crippen LogP contribution in [0.2, 0.25) is 0 Å². The second kappa shape index (κ2) is 7.67. The Kier molecular flexibility index (Phi) is 4.96. The number of ether oxygens (including phenoxy) is 1. The standard InChI is InChI=1S/C27H29NO3/c1-19-15-22-18-31-25(30)27(22,16-19)17-20-9-11-23(12-10-20)28-24(29)26(13-5-6-14-26)21-7-3-2-4-8-21/h2-4,7-12,22H,1,5-6,13-18H2,(H,28,29). The van der Waals surface area contributed by atoms with Crippen LogP contribution in [-0.2, 0) is 26.2 Å². The molecule has 2 aromatic rings. The van der Waals surface area contributed by atoms with E-state index in [0.717, 1.165) is 54.5 Å². The molecule has 1 N–H and O–H groups in total. The van der Waals surface area contributed by atoms with Gasteiger partial charge in [-0.25, -0.2) is 0 Å². The second-order valence-electron chi connectivity index (χ2n) is 9.57. The van der Waals surface area contributed by atoms with Crippen molar-refractivity contribution in [3.05, 3.63) is 77.9 Å². The molecule has 1 aliphatic heterocycles. The molecule has 4 nitrogen and oxygen atoms in total. The van der Waals surface area contributed by atoms with E-state index in [1.54, 1.807) is 0 Å². The molecule has 0 radical (unpaired) electrons. The van der Waals surface area contributed by atoms with Crippen LogP contribution in [0.3, 0.4) is 0 Å². The summed E-state index contributed by atoms with van der Waals surface area (Å²) in [6, 6.07) is 18.1.